The third-order valence-corrected chi connectivity index (χ3v) is 5.53. The van der Waals surface area contributed by atoms with E-state index in [1.807, 2.05) is 6.26 Å². The summed E-state index contributed by atoms with van der Waals surface area (Å²) in [4.78, 5) is 83.0. The molecule has 0 saturated heterocycles. The molecule has 0 fully saturated rings. The van der Waals surface area contributed by atoms with Crippen molar-refractivity contribution in [3.63, 3.8) is 0 Å². The molecule has 36 heavy (non-hydrogen) atoms. The van der Waals surface area contributed by atoms with Crippen molar-refractivity contribution in [3.8, 4) is 0 Å². The zero-order chi connectivity index (χ0) is 27.8. The normalized spacial score (nSPS) is 13.9. The maximum Gasteiger partial charge on any atom is 0.326 e. The molecule has 0 rings (SSSR count). The van der Waals surface area contributed by atoms with E-state index in [2.05, 4.69) is 16.0 Å². The average Bonchev–Trinajstić information content (AvgIpc) is 2.79. The van der Waals surface area contributed by atoms with Crippen LogP contribution in [0.5, 0.6) is 0 Å². The van der Waals surface area contributed by atoms with Crippen molar-refractivity contribution in [1.29, 1.82) is 0 Å². The summed E-state index contributed by atoms with van der Waals surface area (Å²) in [6.45, 7) is 0. The minimum atomic E-state index is -1.50. The third kappa shape index (κ3) is 14.1. The van der Waals surface area contributed by atoms with Gasteiger partial charge in [0.05, 0.1) is 6.04 Å². The molecule has 6 amide bonds. The standard InChI is InChI=1S/C20H35N7O8S/c1-36-9-8-10(21)17(31)25-11(2-5-14(22)28)18(32)26-12(3-6-15(23)29)19(33)27-13(20(34)35)4-7-16(24)30/h10-13H,2-9,21H2,1H3,(H2,22,28)(H2,23,29)(H2,24,30)(H,25,31)(H,26,32)(H,27,33)(H,34,35). The molecule has 0 aliphatic rings. The number of nitrogens with one attached hydrogen (secondary N) is 3. The van der Waals surface area contributed by atoms with Gasteiger partial charge in [-0.05, 0) is 37.7 Å². The first-order chi connectivity index (χ1) is 16.8. The molecule has 0 spiro atoms. The van der Waals surface area contributed by atoms with E-state index in [0.29, 0.717) is 12.2 Å². The molecule has 4 atom stereocenters. The molecule has 0 aromatic heterocycles. The smallest absolute Gasteiger partial charge is 0.326 e. The number of nitrogens with two attached hydrogens (primary N) is 4. The van der Waals surface area contributed by atoms with Crippen LogP contribution < -0.4 is 38.9 Å². The third-order valence-electron chi connectivity index (χ3n) is 4.89. The minimum Gasteiger partial charge on any atom is -0.480 e. The summed E-state index contributed by atoms with van der Waals surface area (Å²) < 4.78 is 0. The van der Waals surface area contributed by atoms with Gasteiger partial charge in [0.25, 0.3) is 0 Å². The molecule has 0 aromatic carbocycles. The number of aliphatic carboxylic acids is 1. The Morgan fingerprint density at radius 3 is 1.39 bits per heavy atom. The molecule has 0 aliphatic heterocycles. The summed E-state index contributed by atoms with van der Waals surface area (Å²) in [6, 6.07) is -5.17. The fourth-order valence-corrected chi connectivity index (χ4v) is 3.34. The fourth-order valence-electron chi connectivity index (χ4n) is 2.85. The maximum absolute atomic E-state index is 12.9. The van der Waals surface area contributed by atoms with Crippen molar-refractivity contribution in [2.45, 2.75) is 69.1 Å². The number of rotatable bonds is 19. The summed E-state index contributed by atoms with van der Waals surface area (Å²) in [5, 5.41) is 16.2. The number of carbonyl (C=O) groups excluding carboxylic acids is 6. The zero-order valence-corrected chi connectivity index (χ0v) is 20.8. The van der Waals surface area contributed by atoms with Gasteiger partial charge in [-0.3, -0.25) is 28.8 Å². The van der Waals surface area contributed by atoms with E-state index < -0.39 is 65.6 Å². The molecular weight excluding hydrogens is 498 g/mol. The van der Waals surface area contributed by atoms with Gasteiger partial charge in [0.1, 0.15) is 18.1 Å². The highest BCUT2D eigenvalue weighted by molar-refractivity contribution is 7.98. The first-order valence-electron chi connectivity index (χ1n) is 11.0. The van der Waals surface area contributed by atoms with Crippen molar-refractivity contribution < 1.29 is 38.7 Å². The lowest BCUT2D eigenvalue weighted by atomic mass is 10.1. The number of carbonyl (C=O) groups is 7. The SMILES string of the molecule is CSCCC(N)C(=O)NC(CCC(N)=O)C(=O)NC(CCC(N)=O)C(=O)NC(CCC(N)=O)C(=O)O. The molecule has 4 unspecified atom stereocenters. The van der Waals surface area contributed by atoms with Crippen LogP contribution in [0.3, 0.4) is 0 Å². The molecule has 12 N–H and O–H groups in total. The average molecular weight is 534 g/mol. The Bertz CT molecular complexity index is 826. The highest BCUT2D eigenvalue weighted by atomic mass is 32.2. The molecule has 16 heteroatoms. The summed E-state index contributed by atoms with van der Waals surface area (Å²) in [5.41, 5.74) is 21.1. The van der Waals surface area contributed by atoms with Gasteiger partial charge in [0.2, 0.25) is 35.4 Å². The molecule has 0 saturated carbocycles. The van der Waals surface area contributed by atoms with Crippen LogP contribution in [0.2, 0.25) is 0 Å². The maximum atomic E-state index is 12.9. The Hall–Kier alpha value is -3.40. The van der Waals surface area contributed by atoms with Gasteiger partial charge in [-0.25, -0.2) is 4.79 Å². The van der Waals surface area contributed by atoms with Crippen LogP contribution in [-0.4, -0.2) is 82.7 Å². The van der Waals surface area contributed by atoms with Crippen molar-refractivity contribution in [1.82, 2.24) is 16.0 Å². The number of hydrogen-bond acceptors (Lipinski definition) is 9. The molecule has 0 heterocycles. The van der Waals surface area contributed by atoms with Crippen molar-refractivity contribution in [2.75, 3.05) is 12.0 Å². The predicted molar refractivity (Wildman–Crippen MR) is 130 cm³/mol. The van der Waals surface area contributed by atoms with Crippen LogP contribution >= 0.6 is 11.8 Å². The number of hydrogen-bond donors (Lipinski definition) is 8. The Kier molecular flexibility index (Phi) is 15.5. The van der Waals surface area contributed by atoms with Crippen LogP contribution in [-0.2, 0) is 33.6 Å². The van der Waals surface area contributed by atoms with Gasteiger partial charge in [-0.15, -0.1) is 0 Å². The molecular formula is C20H35N7O8S. The minimum absolute atomic E-state index is 0.206. The second-order valence-electron chi connectivity index (χ2n) is 7.92. The van der Waals surface area contributed by atoms with Crippen molar-refractivity contribution >= 4 is 53.2 Å². The van der Waals surface area contributed by atoms with Gasteiger partial charge >= 0.3 is 5.97 Å². The van der Waals surface area contributed by atoms with E-state index in [1.165, 1.54) is 11.8 Å². The quantitative estimate of drug-likeness (QED) is 0.0807. The lowest BCUT2D eigenvalue weighted by Crippen LogP contribution is -2.57. The van der Waals surface area contributed by atoms with Crippen LogP contribution in [0.25, 0.3) is 0 Å². The molecule has 0 aromatic rings. The van der Waals surface area contributed by atoms with Crippen LogP contribution in [0, 0.1) is 0 Å². The molecule has 0 radical (unpaired) electrons. The first-order valence-corrected chi connectivity index (χ1v) is 12.4. The summed E-state index contributed by atoms with van der Waals surface area (Å²) >= 11 is 1.47. The van der Waals surface area contributed by atoms with E-state index in [9.17, 15) is 38.7 Å². The first kappa shape index (κ1) is 32.6. The zero-order valence-electron chi connectivity index (χ0n) is 20.0. The van der Waals surface area contributed by atoms with E-state index in [0.717, 1.165) is 0 Å². The van der Waals surface area contributed by atoms with Gasteiger partial charge < -0.3 is 44.0 Å². The van der Waals surface area contributed by atoms with E-state index in [4.69, 9.17) is 22.9 Å². The second kappa shape index (κ2) is 17.1. The summed E-state index contributed by atoms with van der Waals surface area (Å²) in [7, 11) is 0. The van der Waals surface area contributed by atoms with E-state index in [1.54, 1.807) is 0 Å². The number of amides is 6. The largest absolute Gasteiger partial charge is 0.480 e. The Labute approximate surface area is 212 Å². The van der Waals surface area contributed by atoms with Crippen LogP contribution in [0.4, 0.5) is 0 Å². The lowest BCUT2D eigenvalue weighted by Gasteiger charge is -2.25. The van der Waals surface area contributed by atoms with Crippen LogP contribution in [0.1, 0.15) is 44.9 Å². The molecule has 0 aliphatic carbocycles. The van der Waals surface area contributed by atoms with Crippen molar-refractivity contribution in [2.24, 2.45) is 22.9 Å². The molecule has 0 bridgehead atoms. The summed E-state index contributed by atoms with van der Waals surface area (Å²) in [5.74, 6) is -5.70. The van der Waals surface area contributed by atoms with Gasteiger partial charge in [0, 0.05) is 19.3 Å². The van der Waals surface area contributed by atoms with Crippen LogP contribution in [0.15, 0.2) is 0 Å². The predicted octanol–water partition coefficient (Wildman–Crippen LogP) is -3.60. The fraction of sp³-hybridized carbons (Fsp3) is 0.650. The monoisotopic (exact) mass is 533 g/mol. The highest BCUT2D eigenvalue weighted by Crippen LogP contribution is 2.06. The summed E-state index contributed by atoms with van der Waals surface area (Å²) in [6.07, 6.45) is 0.406. The highest BCUT2D eigenvalue weighted by Gasteiger charge is 2.30. The second-order valence-corrected chi connectivity index (χ2v) is 8.91. The van der Waals surface area contributed by atoms with Gasteiger partial charge in [-0.2, -0.15) is 11.8 Å². The number of thioether (sulfide) groups is 1. The van der Waals surface area contributed by atoms with E-state index >= 15 is 0 Å². The number of carboxylic acids is 1. The molecule has 204 valence electrons. The molecule has 15 nitrogen and oxygen atoms in total. The Morgan fingerprint density at radius 2 is 1.03 bits per heavy atom. The topological polar surface area (TPSA) is 280 Å². The Balaban J connectivity index is 5.61. The van der Waals surface area contributed by atoms with Gasteiger partial charge in [0.15, 0.2) is 0 Å². The van der Waals surface area contributed by atoms with E-state index in [-0.39, 0.29) is 38.5 Å². The van der Waals surface area contributed by atoms with Gasteiger partial charge in [-0.1, -0.05) is 0 Å². The lowest BCUT2D eigenvalue weighted by molar-refractivity contribution is -0.142. The number of primary amides is 3. The number of carboxylic acid groups (broad SMARTS) is 1. The Morgan fingerprint density at radius 1 is 0.667 bits per heavy atom. The van der Waals surface area contributed by atoms with Crippen molar-refractivity contribution in [3.05, 3.63) is 0 Å².